The molecule has 3 aromatic heterocycles. The van der Waals surface area contributed by atoms with E-state index in [-0.39, 0.29) is 5.91 Å². The first kappa shape index (κ1) is 23.1. The van der Waals surface area contributed by atoms with Gasteiger partial charge in [0, 0.05) is 63.8 Å². The summed E-state index contributed by atoms with van der Waals surface area (Å²) in [4.78, 5) is 21.5. The minimum absolute atomic E-state index is 0.0944. The van der Waals surface area contributed by atoms with Crippen molar-refractivity contribution in [2.24, 2.45) is 0 Å². The Morgan fingerprint density at radius 2 is 1.76 bits per heavy atom. The molecule has 0 spiro atoms. The van der Waals surface area contributed by atoms with Crippen molar-refractivity contribution >= 4 is 45.0 Å². The quantitative estimate of drug-likeness (QED) is 0.250. The molecule has 0 saturated heterocycles. The highest BCUT2D eigenvalue weighted by Gasteiger charge is 2.29. The lowest BCUT2D eigenvalue weighted by atomic mass is 9.89. The summed E-state index contributed by atoms with van der Waals surface area (Å²) in [5.41, 5.74) is 6.98. The topological polar surface area (TPSA) is 62.7 Å². The summed E-state index contributed by atoms with van der Waals surface area (Å²) in [5.74, 6) is -0.622. The van der Waals surface area contributed by atoms with Gasteiger partial charge in [0.25, 0.3) is 0 Å². The number of amides is 1. The first-order valence-corrected chi connectivity index (χ1v) is 12.6. The van der Waals surface area contributed by atoms with E-state index in [0.29, 0.717) is 17.3 Å². The van der Waals surface area contributed by atoms with Crippen molar-refractivity contribution in [1.82, 2.24) is 14.5 Å². The Kier molecular flexibility index (Phi) is 5.99. The molecule has 3 heterocycles. The highest BCUT2D eigenvalue weighted by atomic mass is 35.5. The largest absolute Gasteiger partial charge is 0.361 e. The van der Waals surface area contributed by atoms with Crippen LogP contribution in [0.4, 0.5) is 5.69 Å². The van der Waals surface area contributed by atoms with E-state index in [1.165, 1.54) is 0 Å². The Morgan fingerprint density at radius 3 is 2.57 bits per heavy atom. The zero-order valence-corrected chi connectivity index (χ0v) is 21.0. The lowest BCUT2D eigenvalue weighted by Crippen LogP contribution is -2.22. The number of aryl methyl sites for hydroxylation is 1. The number of carbonyl (C=O) groups is 1. The third kappa shape index (κ3) is 4.50. The second kappa shape index (κ2) is 9.60. The number of anilines is 1. The summed E-state index contributed by atoms with van der Waals surface area (Å²) in [5, 5.41) is 5.93. The molecule has 1 amide bonds. The summed E-state index contributed by atoms with van der Waals surface area (Å²) < 4.78 is 2.21. The fraction of sp³-hybridized carbons (Fsp3) is 0.0968. The summed E-state index contributed by atoms with van der Waals surface area (Å²) in [6, 6.07) is 26.0. The van der Waals surface area contributed by atoms with Gasteiger partial charge in [0.1, 0.15) is 0 Å². The first-order chi connectivity index (χ1) is 18.1. The normalized spacial score (nSPS) is 12.2. The van der Waals surface area contributed by atoms with Crippen LogP contribution in [-0.4, -0.2) is 20.4 Å². The molecule has 3 aromatic carbocycles. The molecule has 0 aliphatic carbocycles. The minimum atomic E-state index is -0.528. The standard InChI is InChI=1S/C31H25ClN4O/c1-20-6-11-28-25(16-20)26(17-34-28)30(31(37)35-23-12-14-33-15-13-23)27-19-36(29-5-3-2-4-24(27)29)18-21-7-9-22(32)10-8-21/h2-17,19,30,34H,18H2,1H3,(H,33,35,37). The van der Waals surface area contributed by atoms with E-state index < -0.39 is 5.92 Å². The highest BCUT2D eigenvalue weighted by molar-refractivity contribution is 6.30. The number of benzene rings is 3. The average molecular weight is 505 g/mol. The highest BCUT2D eigenvalue weighted by Crippen LogP contribution is 2.37. The van der Waals surface area contributed by atoms with Gasteiger partial charge in [-0.15, -0.1) is 0 Å². The molecule has 182 valence electrons. The molecule has 0 aliphatic rings. The molecule has 0 bridgehead atoms. The van der Waals surface area contributed by atoms with Gasteiger partial charge in [0.2, 0.25) is 5.91 Å². The number of nitrogens with one attached hydrogen (secondary N) is 2. The first-order valence-electron chi connectivity index (χ1n) is 12.2. The lowest BCUT2D eigenvalue weighted by molar-refractivity contribution is -0.116. The van der Waals surface area contributed by atoms with Crippen LogP contribution in [-0.2, 0) is 11.3 Å². The smallest absolute Gasteiger partial charge is 0.236 e. The van der Waals surface area contributed by atoms with E-state index in [1.54, 1.807) is 24.5 Å². The molecule has 1 atom stereocenters. The van der Waals surface area contributed by atoms with Gasteiger partial charge < -0.3 is 14.9 Å². The molecule has 5 nitrogen and oxygen atoms in total. The van der Waals surface area contributed by atoms with Crippen molar-refractivity contribution < 1.29 is 4.79 Å². The maximum atomic E-state index is 14.0. The zero-order chi connectivity index (χ0) is 25.4. The fourth-order valence-corrected chi connectivity index (χ4v) is 5.14. The number of H-pyrrole nitrogens is 1. The number of hydrogen-bond donors (Lipinski definition) is 2. The monoisotopic (exact) mass is 504 g/mol. The van der Waals surface area contributed by atoms with Gasteiger partial charge in [-0.05, 0) is 66.1 Å². The predicted molar refractivity (Wildman–Crippen MR) is 150 cm³/mol. The van der Waals surface area contributed by atoms with Crippen molar-refractivity contribution in [2.75, 3.05) is 5.32 Å². The number of nitrogens with zero attached hydrogens (tertiary/aromatic N) is 2. The van der Waals surface area contributed by atoms with Crippen molar-refractivity contribution in [2.45, 2.75) is 19.4 Å². The SMILES string of the molecule is Cc1ccc2[nH]cc(C(C(=O)Nc3ccncc3)c3cn(Cc4ccc(Cl)cc4)c4ccccc34)c2c1. The molecular formula is C31H25ClN4O. The molecule has 0 saturated carbocycles. The molecule has 0 fully saturated rings. The van der Waals surface area contributed by atoms with E-state index in [0.717, 1.165) is 44.1 Å². The number of fused-ring (bicyclic) bond motifs is 2. The molecule has 6 aromatic rings. The number of pyridine rings is 1. The van der Waals surface area contributed by atoms with Gasteiger partial charge >= 0.3 is 0 Å². The van der Waals surface area contributed by atoms with Crippen molar-refractivity contribution in [3.63, 3.8) is 0 Å². The number of rotatable bonds is 6. The lowest BCUT2D eigenvalue weighted by Gasteiger charge is -2.17. The summed E-state index contributed by atoms with van der Waals surface area (Å²) in [6.45, 7) is 2.74. The Bertz CT molecular complexity index is 1720. The van der Waals surface area contributed by atoms with E-state index in [9.17, 15) is 4.79 Å². The molecule has 1 unspecified atom stereocenters. The van der Waals surface area contributed by atoms with E-state index >= 15 is 0 Å². The Morgan fingerprint density at radius 1 is 0.973 bits per heavy atom. The number of hydrogen-bond acceptors (Lipinski definition) is 2. The van der Waals surface area contributed by atoms with Crippen LogP contribution in [0.1, 0.15) is 28.2 Å². The predicted octanol–water partition coefficient (Wildman–Crippen LogP) is 7.30. The zero-order valence-electron chi connectivity index (χ0n) is 20.3. The molecule has 6 heteroatoms. The van der Waals surface area contributed by atoms with E-state index in [2.05, 4.69) is 63.3 Å². The maximum Gasteiger partial charge on any atom is 0.236 e. The molecule has 37 heavy (non-hydrogen) atoms. The van der Waals surface area contributed by atoms with Crippen LogP contribution in [0.5, 0.6) is 0 Å². The number of aromatic nitrogens is 3. The Labute approximate surface area is 219 Å². The van der Waals surface area contributed by atoms with Crippen LogP contribution < -0.4 is 5.32 Å². The number of para-hydroxylation sites is 1. The maximum absolute atomic E-state index is 14.0. The molecule has 0 radical (unpaired) electrons. The molecule has 2 N–H and O–H groups in total. The second-order valence-corrected chi connectivity index (χ2v) is 9.74. The van der Waals surface area contributed by atoms with Crippen LogP contribution in [0.25, 0.3) is 21.8 Å². The van der Waals surface area contributed by atoms with Crippen LogP contribution in [0, 0.1) is 6.92 Å². The van der Waals surface area contributed by atoms with E-state index in [1.807, 2.05) is 42.6 Å². The fourth-order valence-electron chi connectivity index (χ4n) is 5.02. The average Bonchev–Trinajstić information content (AvgIpc) is 3.48. The van der Waals surface area contributed by atoms with Crippen LogP contribution in [0.2, 0.25) is 5.02 Å². The molecular weight excluding hydrogens is 480 g/mol. The summed E-state index contributed by atoms with van der Waals surface area (Å²) >= 11 is 6.11. The summed E-state index contributed by atoms with van der Waals surface area (Å²) in [6.07, 6.45) is 7.44. The van der Waals surface area contributed by atoms with Gasteiger partial charge in [-0.3, -0.25) is 9.78 Å². The minimum Gasteiger partial charge on any atom is -0.361 e. The summed E-state index contributed by atoms with van der Waals surface area (Å²) in [7, 11) is 0. The van der Waals surface area contributed by atoms with Crippen LogP contribution in [0.15, 0.2) is 104 Å². The second-order valence-electron chi connectivity index (χ2n) is 9.31. The van der Waals surface area contributed by atoms with Crippen molar-refractivity contribution in [1.29, 1.82) is 0 Å². The number of halogens is 1. The Hall–Kier alpha value is -4.35. The van der Waals surface area contributed by atoms with Gasteiger partial charge in [0.15, 0.2) is 0 Å². The van der Waals surface area contributed by atoms with Crippen LogP contribution in [0.3, 0.4) is 0 Å². The third-order valence-corrected chi connectivity index (χ3v) is 7.04. The van der Waals surface area contributed by atoms with Gasteiger partial charge in [-0.1, -0.05) is 53.6 Å². The van der Waals surface area contributed by atoms with E-state index in [4.69, 9.17) is 11.6 Å². The van der Waals surface area contributed by atoms with Crippen molar-refractivity contribution in [3.05, 3.63) is 131 Å². The third-order valence-electron chi connectivity index (χ3n) is 6.79. The van der Waals surface area contributed by atoms with Gasteiger partial charge in [0.05, 0.1) is 5.92 Å². The number of carbonyl (C=O) groups excluding carboxylic acids is 1. The van der Waals surface area contributed by atoms with Gasteiger partial charge in [-0.25, -0.2) is 0 Å². The number of aromatic amines is 1. The molecule has 0 aliphatic heterocycles. The molecule has 6 rings (SSSR count). The Balaban J connectivity index is 1.51. The van der Waals surface area contributed by atoms with Crippen molar-refractivity contribution in [3.8, 4) is 0 Å². The van der Waals surface area contributed by atoms with Crippen LogP contribution >= 0.6 is 11.6 Å². The van der Waals surface area contributed by atoms with Gasteiger partial charge in [-0.2, -0.15) is 0 Å².